The molecule has 0 spiro atoms. The Bertz CT molecular complexity index is 1020. The van der Waals surface area contributed by atoms with Crippen LogP contribution in [-0.2, 0) is 9.53 Å². The van der Waals surface area contributed by atoms with Crippen molar-refractivity contribution in [1.29, 1.82) is 0 Å². The van der Waals surface area contributed by atoms with Crippen molar-refractivity contribution in [2.75, 3.05) is 12.4 Å². The third-order valence-electron chi connectivity index (χ3n) is 3.98. The number of nitrogens with zero attached hydrogens (tertiary/aromatic N) is 2. The highest BCUT2D eigenvalue weighted by Crippen LogP contribution is 2.27. The van der Waals surface area contributed by atoms with Gasteiger partial charge in [-0.1, -0.05) is 17.7 Å². The number of hydrogen-bond acceptors (Lipinski definition) is 5. The van der Waals surface area contributed by atoms with Gasteiger partial charge in [0.25, 0.3) is 5.91 Å². The number of aromatic nitrogens is 2. The zero-order chi connectivity index (χ0) is 19.6. The molecule has 0 bridgehead atoms. The van der Waals surface area contributed by atoms with Gasteiger partial charge in [0, 0.05) is 17.6 Å². The van der Waals surface area contributed by atoms with Crippen LogP contribution in [0.2, 0.25) is 5.02 Å². The molecular weight excluding hydrogens is 370 g/mol. The average molecular weight is 388 g/mol. The van der Waals surface area contributed by atoms with Crippen LogP contribution >= 0.6 is 11.6 Å². The molecule has 140 valence electrons. The number of ether oxygens (including phenoxy) is 2. The Morgan fingerprint density at radius 1 is 1.26 bits per heavy atom. The maximum absolute atomic E-state index is 12.3. The molecule has 1 N–H and O–H groups in total. The molecule has 2 aromatic heterocycles. The fourth-order valence-electron chi connectivity index (χ4n) is 2.51. The van der Waals surface area contributed by atoms with Gasteiger partial charge < -0.3 is 19.2 Å². The highest BCUT2D eigenvalue weighted by Gasteiger charge is 2.21. The molecule has 3 aromatic rings. The summed E-state index contributed by atoms with van der Waals surface area (Å²) < 4.78 is 12.1. The van der Waals surface area contributed by atoms with Crippen LogP contribution in [-0.4, -0.2) is 34.5 Å². The summed E-state index contributed by atoms with van der Waals surface area (Å²) in [6.45, 7) is 3.39. The number of aryl methyl sites for hydroxylation is 1. The van der Waals surface area contributed by atoms with Gasteiger partial charge in [-0.05, 0) is 44.2 Å². The minimum absolute atomic E-state index is 0.136. The van der Waals surface area contributed by atoms with E-state index in [-0.39, 0.29) is 5.69 Å². The number of rotatable bonds is 5. The Hall–Kier alpha value is -3.06. The predicted octanol–water partition coefficient (Wildman–Crippen LogP) is 3.49. The number of anilines is 1. The van der Waals surface area contributed by atoms with Crippen LogP contribution in [0.15, 0.2) is 42.6 Å². The molecule has 0 unspecified atom stereocenters. The number of carbonyl (C=O) groups is 2. The van der Waals surface area contributed by atoms with Crippen molar-refractivity contribution in [2.45, 2.75) is 20.0 Å². The number of esters is 1. The first kappa shape index (κ1) is 18.7. The fraction of sp³-hybridized carbons (Fsp3) is 0.211. The van der Waals surface area contributed by atoms with Crippen LogP contribution < -0.4 is 10.1 Å². The van der Waals surface area contributed by atoms with Crippen molar-refractivity contribution in [1.82, 2.24) is 9.38 Å². The van der Waals surface area contributed by atoms with Gasteiger partial charge in [-0.3, -0.25) is 4.79 Å². The third kappa shape index (κ3) is 4.03. The summed E-state index contributed by atoms with van der Waals surface area (Å²) in [7, 11) is 1.50. The first-order valence-electron chi connectivity index (χ1n) is 8.19. The van der Waals surface area contributed by atoms with E-state index in [1.165, 1.54) is 14.0 Å². The van der Waals surface area contributed by atoms with Gasteiger partial charge in [-0.15, -0.1) is 0 Å². The Morgan fingerprint density at radius 3 is 2.70 bits per heavy atom. The van der Waals surface area contributed by atoms with Crippen molar-refractivity contribution >= 4 is 34.8 Å². The molecule has 2 heterocycles. The van der Waals surface area contributed by atoms with E-state index < -0.39 is 18.0 Å². The number of methoxy groups -OCH3 is 1. The summed E-state index contributed by atoms with van der Waals surface area (Å²) in [6, 6.07) is 10.4. The molecule has 0 saturated carbocycles. The van der Waals surface area contributed by atoms with Crippen molar-refractivity contribution in [2.24, 2.45) is 0 Å². The number of amides is 1. The Morgan fingerprint density at radius 2 is 2.04 bits per heavy atom. The number of halogens is 1. The molecule has 0 saturated heterocycles. The lowest BCUT2D eigenvalue weighted by Crippen LogP contribution is -2.30. The molecule has 0 fully saturated rings. The topological polar surface area (TPSA) is 81.9 Å². The van der Waals surface area contributed by atoms with Crippen molar-refractivity contribution < 1.29 is 19.1 Å². The van der Waals surface area contributed by atoms with Gasteiger partial charge >= 0.3 is 5.97 Å². The van der Waals surface area contributed by atoms with E-state index in [2.05, 4.69) is 10.3 Å². The van der Waals surface area contributed by atoms with Gasteiger partial charge in [-0.25, -0.2) is 9.78 Å². The largest absolute Gasteiger partial charge is 0.495 e. The van der Waals surface area contributed by atoms with E-state index in [0.717, 1.165) is 5.69 Å². The third-order valence-corrected chi connectivity index (χ3v) is 4.27. The number of pyridine rings is 1. The molecule has 0 aliphatic rings. The standard InChI is InChI=1S/C19H18ClN3O4/c1-11-5-4-6-17-22-15(10-23(11)17)19(25)27-12(2)18(24)21-13-7-8-16(26-3)14(20)9-13/h4-10,12H,1-3H3,(H,21,24)/t12-/m0/s1. The van der Waals surface area contributed by atoms with Gasteiger partial charge in [-0.2, -0.15) is 0 Å². The second-order valence-corrected chi connectivity index (χ2v) is 6.31. The number of carbonyl (C=O) groups excluding carboxylic acids is 2. The smallest absolute Gasteiger partial charge is 0.359 e. The van der Waals surface area contributed by atoms with E-state index in [0.29, 0.717) is 22.1 Å². The molecule has 27 heavy (non-hydrogen) atoms. The highest BCUT2D eigenvalue weighted by molar-refractivity contribution is 6.32. The lowest BCUT2D eigenvalue weighted by molar-refractivity contribution is -0.123. The molecule has 8 heteroatoms. The maximum atomic E-state index is 12.3. The quantitative estimate of drug-likeness (QED) is 0.678. The van der Waals surface area contributed by atoms with Crippen molar-refractivity contribution in [3.63, 3.8) is 0 Å². The van der Waals surface area contributed by atoms with Crippen LogP contribution in [0.3, 0.4) is 0 Å². The average Bonchev–Trinajstić information content (AvgIpc) is 3.07. The van der Waals surface area contributed by atoms with E-state index >= 15 is 0 Å². The fourth-order valence-corrected chi connectivity index (χ4v) is 2.77. The summed E-state index contributed by atoms with van der Waals surface area (Å²) in [5.41, 5.74) is 2.17. The summed E-state index contributed by atoms with van der Waals surface area (Å²) >= 11 is 6.04. The SMILES string of the molecule is COc1ccc(NC(=O)[C@H](C)OC(=O)c2cn3c(C)cccc3n2)cc1Cl. The van der Waals surface area contributed by atoms with E-state index in [1.807, 2.05) is 19.1 Å². The summed E-state index contributed by atoms with van der Waals surface area (Å²) in [5.74, 6) is -0.658. The Labute approximate surface area is 160 Å². The van der Waals surface area contributed by atoms with Crippen LogP contribution in [0.4, 0.5) is 5.69 Å². The predicted molar refractivity (Wildman–Crippen MR) is 101 cm³/mol. The summed E-state index contributed by atoms with van der Waals surface area (Å²) in [6.07, 6.45) is 0.574. The van der Waals surface area contributed by atoms with Gasteiger partial charge in [0.2, 0.25) is 0 Å². The van der Waals surface area contributed by atoms with Gasteiger partial charge in [0.1, 0.15) is 11.4 Å². The molecule has 0 aliphatic heterocycles. The van der Waals surface area contributed by atoms with Crippen LogP contribution in [0.5, 0.6) is 5.75 Å². The second-order valence-electron chi connectivity index (χ2n) is 5.91. The van der Waals surface area contributed by atoms with Crippen LogP contribution in [0, 0.1) is 6.92 Å². The second kappa shape index (κ2) is 7.67. The zero-order valence-electron chi connectivity index (χ0n) is 15.0. The van der Waals surface area contributed by atoms with Crippen molar-refractivity contribution in [3.8, 4) is 5.75 Å². The first-order chi connectivity index (χ1) is 12.9. The van der Waals surface area contributed by atoms with E-state index in [4.69, 9.17) is 21.1 Å². The van der Waals surface area contributed by atoms with Gasteiger partial charge in [0.05, 0.1) is 12.1 Å². The molecule has 1 atom stereocenters. The van der Waals surface area contributed by atoms with E-state index in [9.17, 15) is 9.59 Å². The minimum atomic E-state index is -1.01. The van der Waals surface area contributed by atoms with Crippen LogP contribution in [0.1, 0.15) is 23.1 Å². The molecule has 7 nitrogen and oxygen atoms in total. The lowest BCUT2D eigenvalue weighted by Gasteiger charge is -2.13. The first-order valence-corrected chi connectivity index (χ1v) is 8.57. The summed E-state index contributed by atoms with van der Waals surface area (Å²) in [5, 5.41) is 3.01. The number of benzene rings is 1. The minimum Gasteiger partial charge on any atom is -0.495 e. The maximum Gasteiger partial charge on any atom is 0.359 e. The number of fused-ring (bicyclic) bond motifs is 1. The van der Waals surface area contributed by atoms with E-state index in [1.54, 1.807) is 34.9 Å². The molecule has 0 radical (unpaired) electrons. The zero-order valence-corrected chi connectivity index (χ0v) is 15.8. The normalized spacial score (nSPS) is 11.9. The number of imidazole rings is 1. The molecule has 0 aliphatic carbocycles. The highest BCUT2D eigenvalue weighted by atomic mass is 35.5. The van der Waals surface area contributed by atoms with Gasteiger partial charge in [0.15, 0.2) is 11.8 Å². The number of nitrogens with one attached hydrogen (secondary N) is 1. The van der Waals surface area contributed by atoms with Crippen LogP contribution in [0.25, 0.3) is 5.65 Å². The monoisotopic (exact) mass is 387 g/mol. The Kier molecular flexibility index (Phi) is 5.32. The molecule has 1 amide bonds. The lowest BCUT2D eigenvalue weighted by atomic mass is 10.2. The number of hydrogen-bond donors (Lipinski definition) is 1. The molecule has 3 rings (SSSR count). The van der Waals surface area contributed by atoms with Crippen molar-refractivity contribution in [3.05, 3.63) is 59.0 Å². The summed E-state index contributed by atoms with van der Waals surface area (Å²) in [4.78, 5) is 28.8. The molecule has 1 aromatic carbocycles. The Balaban J connectivity index is 1.67. The molecular formula is C19H18ClN3O4.